The number of amides is 1. The summed E-state index contributed by atoms with van der Waals surface area (Å²) in [5.41, 5.74) is 2.71. The lowest BCUT2D eigenvalue weighted by Gasteiger charge is -2.22. The van der Waals surface area contributed by atoms with Crippen molar-refractivity contribution in [3.63, 3.8) is 0 Å². The van der Waals surface area contributed by atoms with Crippen LogP contribution in [-0.2, 0) is 13.1 Å². The smallest absolute Gasteiger partial charge is 0.254 e. The Morgan fingerprint density at radius 3 is 2.07 bits per heavy atom. The fraction of sp³-hybridized carbons (Fsp3) is 0.143. The second-order valence-electron chi connectivity index (χ2n) is 6.25. The number of thiophene rings is 2. The standard InChI is InChI=1S/C21H19N3OS2/c1-16-10-11-22-24(16)18-8-6-17(7-9-18)21(25)23(14-19-4-2-12-26-19)15-20-5-3-13-27-20/h2-13H,14-15H2,1H3. The molecule has 0 saturated carbocycles. The molecule has 0 N–H and O–H groups in total. The normalized spacial score (nSPS) is 10.9. The van der Waals surface area contributed by atoms with Crippen LogP contribution in [-0.4, -0.2) is 20.6 Å². The molecule has 3 aromatic heterocycles. The van der Waals surface area contributed by atoms with Crippen LogP contribution in [0.15, 0.2) is 71.6 Å². The molecule has 1 amide bonds. The number of carbonyl (C=O) groups is 1. The summed E-state index contributed by atoms with van der Waals surface area (Å²) < 4.78 is 1.86. The van der Waals surface area contributed by atoms with E-state index in [1.165, 1.54) is 9.75 Å². The number of hydrogen-bond acceptors (Lipinski definition) is 4. The largest absolute Gasteiger partial charge is 0.328 e. The lowest BCUT2D eigenvalue weighted by molar-refractivity contribution is 0.0733. The highest BCUT2D eigenvalue weighted by Gasteiger charge is 2.18. The Hall–Kier alpha value is -2.70. The van der Waals surface area contributed by atoms with Crippen LogP contribution in [0.25, 0.3) is 5.69 Å². The molecular formula is C21H19N3OS2. The van der Waals surface area contributed by atoms with Crippen molar-refractivity contribution in [3.8, 4) is 5.69 Å². The van der Waals surface area contributed by atoms with Crippen LogP contribution < -0.4 is 0 Å². The summed E-state index contributed by atoms with van der Waals surface area (Å²) in [5.74, 6) is 0.0422. The van der Waals surface area contributed by atoms with Crippen LogP contribution in [0.3, 0.4) is 0 Å². The molecule has 0 aliphatic heterocycles. The third-order valence-corrected chi connectivity index (χ3v) is 6.05. The molecule has 0 spiro atoms. The lowest BCUT2D eigenvalue weighted by Crippen LogP contribution is -2.29. The third kappa shape index (κ3) is 4.02. The van der Waals surface area contributed by atoms with Gasteiger partial charge >= 0.3 is 0 Å². The molecule has 136 valence electrons. The van der Waals surface area contributed by atoms with Crippen LogP contribution in [0.5, 0.6) is 0 Å². The van der Waals surface area contributed by atoms with Crippen LogP contribution in [0, 0.1) is 6.92 Å². The van der Waals surface area contributed by atoms with Gasteiger partial charge in [0.2, 0.25) is 0 Å². The molecule has 0 aliphatic carbocycles. The highest BCUT2D eigenvalue weighted by molar-refractivity contribution is 7.10. The van der Waals surface area contributed by atoms with E-state index in [9.17, 15) is 4.79 Å². The second kappa shape index (κ2) is 7.90. The SMILES string of the molecule is Cc1ccnn1-c1ccc(C(=O)N(Cc2cccs2)Cc2cccs2)cc1. The van der Waals surface area contributed by atoms with Gasteiger partial charge in [0.05, 0.1) is 18.8 Å². The van der Waals surface area contributed by atoms with E-state index in [4.69, 9.17) is 0 Å². The van der Waals surface area contributed by atoms with Gasteiger partial charge in [-0.3, -0.25) is 4.79 Å². The van der Waals surface area contributed by atoms with Crippen LogP contribution in [0.4, 0.5) is 0 Å². The van der Waals surface area contributed by atoms with Crippen molar-refractivity contribution in [2.45, 2.75) is 20.0 Å². The number of nitrogens with zero attached hydrogens (tertiary/aromatic N) is 3. The number of rotatable bonds is 6. The van der Waals surface area contributed by atoms with Gasteiger partial charge in [-0.2, -0.15) is 5.10 Å². The Balaban J connectivity index is 1.57. The molecule has 27 heavy (non-hydrogen) atoms. The Bertz CT molecular complexity index is 966. The predicted octanol–water partition coefficient (Wildman–Crippen LogP) is 5.15. The third-order valence-electron chi connectivity index (χ3n) is 4.33. The molecule has 0 unspecified atom stereocenters. The molecular weight excluding hydrogens is 374 g/mol. The molecule has 1 aromatic carbocycles. The zero-order valence-electron chi connectivity index (χ0n) is 14.9. The molecule has 3 heterocycles. The van der Waals surface area contributed by atoms with E-state index >= 15 is 0 Å². The van der Waals surface area contributed by atoms with E-state index in [-0.39, 0.29) is 5.91 Å². The number of benzene rings is 1. The molecule has 4 nitrogen and oxygen atoms in total. The molecule has 0 fully saturated rings. The van der Waals surface area contributed by atoms with Crippen molar-refractivity contribution in [3.05, 3.63) is 92.6 Å². The minimum Gasteiger partial charge on any atom is -0.328 e. The topological polar surface area (TPSA) is 38.1 Å². The van der Waals surface area contributed by atoms with Crippen molar-refractivity contribution >= 4 is 28.6 Å². The van der Waals surface area contributed by atoms with Gasteiger partial charge in [-0.05, 0) is 60.1 Å². The summed E-state index contributed by atoms with van der Waals surface area (Å²) in [6.07, 6.45) is 1.78. The van der Waals surface area contributed by atoms with Crippen molar-refractivity contribution in [1.82, 2.24) is 14.7 Å². The first-order chi connectivity index (χ1) is 13.2. The Morgan fingerprint density at radius 2 is 1.59 bits per heavy atom. The van der Waals surface area contributed by atoms with E-state index < -0.39 is 0 Å². The van der Waals surface area contributed by atoms with E-state index in [1.54, 1.807) is 28.9 Å². The van der Waals surface area contributed by atoms with Crippen LogP contribution >= 0.6 is 22.7 Å². The van der Waals surface area contributed by atoms with Gasteiger partial charge in [0.1, 0.15) is 0 Å². The monoisotopic (exact) mass is 393 g/mol. The van der Waals surface area contributed by atoms with Gasteiger partial charge in [0, 0.05) is 27.2 Å². The maximum absolute atomic E-state index is 13.2. The summed E-state index contributed by atoms with van der Waals surface area (Å²) in [6.45, 7) is 3.25. The first kappa shape index (κ1) is 17.7. The van der Waals surface area contributed by atoms with Gasteiger partial charge in [0.15, 0.2) is 0 Å². The molecule has 0 atom stereocenters. The zero-order valence-corrected chi connectivity index (χ0v) is 16.5. The summed E-state index contributed by atoms with van der Waals surface area (Å²) in [7, 11) is 0. The quantitative estimate of drug-likeness (QED) is 0.454. The van der Waals surface area contributed by atoms with Gasteiger partial charge in [-0.25, -0.2) is 4.68 Å². The fourth-order valence-electron chi connectivity index (χ4n) is 2.95. The molecule has 4 aromatic rings. The lowest BCUT2D eigenvalue weighted by atomic mass is 10.1. The van der Waals surface area contributed by atoms with Crippen molar-refractivity contribution in [1.29, 1.82) is 0 Å². The number of aryl methyl sites for hydroxylation is 1. The average molecular weight is 394 g/mol. The van der Waals surface area contributed by atoms with E-state index in [0.717, 1.165) is 11.4 Å². The maximum atomic E-state index is 13.2. The molecule has 4 rings (SSSR count). The number of carbonyl (C=O) groups excluding carboxylic acids is 1. The van der Waals surface area contributed by atoms with Crippen molar-refractivity contribution < 1.29 is 4.79 Å². The van der Waals surface area contributed by atoms with Crippen LogP contribution in [0.2, 0.25) is 0 Å². The van der Waals surface area contributed by atoms with E-state index in [2.05, 4.69) is 17.2 Å². The van der Waals surface area contributed by atoms with E-state index in [0.29, 0.717) is 18.7 Å². The van der Waals surface area contributed by atoms with Crippen molar-refractivity contribution in [2.24, 2.45) is 0 Å². The molecule has 0 saturated heterocycles. The summed E-state index contributed by atoms with van der Waals surface area (Å²) >= 11 is 3.35. The molecule has 0 aliphatic rings. The van der Waals surface area contributed by atoms with Crippen molar-refractivity contribution in [2.75, 3.05) is 0 Å². The minimum absolute atomic E-state index is 0.0422. The van der Waals surface area contributed by atoms with Crippen LogP contribution in [0.1, 0.15) is 25.8 Å². The van der Waals surface area contributed by atoms with Gasteiger partial charge in [0.25, 0.3) is 5.91 Å². The Labute approximate surface area is 166 Å². The highest BCUT2D eigenvalue weighted by Crippen LogP contribution is 2.20. The molecule has 6 heteroatoms. The maximum Gasteiger partial charge on any atom is 0.254 e. The first-order valence-electron chi connectivity index (χ1n) is 8.66. The Morgan fingerprint density at radius 1 is 0.963 bits per heavy atom. The molecule has 0 bridgehead atoms. The Kier molecular flexibility index (Phi) is 5.18. The summed E-state index contributed by atoms with van der Waals surface area (Å²) in [4.78, 5) is 17.5. The highest BCUT2D eigenvalue weighted by atomic mass is 32.1. The first-order valence-corrected chi connectivity index (χ1v) is 10.4. The van der Waals surface area contributed by atoms with Gasteiger partial charge in [-0.1, -0.05) is 12.1 Å². The summed E-state index contributed by atoms with van der Waals surface area (Å²) in [5, 5.41) is 8.41. The zero-order chi connectivity index (χ0) is 18.6. The van der Waals surface area contributed by atoms with E-state index in [1.807, 2.05) is 69.7 Å². The van der Waals surface area contributed by atoms with Gasteiger partial charge in [-0.15, -0.1) is 22.7 Å². The fourth-order valence-corrected chi connectivity index (χ4v) is 4.39. The second-order valence-corrected chi connectivity index (χ2v) is 8.32. The predicted molar refractivity (Wildman–Crippen MR) is 111 cm³/mol. The summed E-state index contributed by atoms with van der Waals surface area (Å²) in [6, 6.07) is 17.8. The molecule has 0 radical (unpaired) electrons. The number of aromatic nitrogens is 2. The van der Waals surface area contributed by atoms with Gasteiger partial charge < -0.3 is 4.90 Å². The minimum atomic E-state index is 0.0422. The average Bonchev–Trinajstić information content (AvgIpc) is 3.44. The number of hydrogen-bond donors (Lipinski definition) is 0.